The molecule has 0 bridgehead atoms. The number of aryl methyl sites for hydroxylation is 1. The van der Waals surface area contributed by atoms with E-state index in [0.717, 1.165) is 16.7 Å². The van der Waals surface area contributed by atoms with Crippen LogP contribution < -0.4 is 0 Å². The molecule has 1 aliphatic rings. The SMILES string of the molecule is Cc1cccc(C(=O)N2CCC(O)C(C)C2)c1C. The molecular formula is C15H21NO2. The first kappa shape index (κ1) is 13.1. The first-order valence-corrected chi connectivity index (χ1v) is 6.54. The number of amides is 1. The topological polar surface area (TPSA) is 40.5 Å². The van der Waals surface area contributed by atoms with Crippen molar-refractivity contribution in [1.82, 2.24) is 4.90 Å². The molecule has 1 amide bonds. The van der Waals surface area contributed by atoms with Crippen LogP contribution in [0.15, 0.2) is 18.2 Å². The van der Waals surface area contributed by atoms with Crippen LogP contribution in [-0.2, 0) is 0 Å². The van der Waals surface area contributed by atoms with Crippen LogP contribution in [-0.4, -0.2) is 35.1 Å². The van der Waals surface area contributed by atoms with Crippen LogP contribution in [0, 0.1) is 19.8 Å². The zero-order valence-electron chi connectivity index (χ0n) is 11.3. The molecule has 0 radical (unpaired) electrons. The molecule has 1 aromatic carbocycles. The van der Waals surface area contributed by atoms with Crippen LogP contribution in [0.2, 0.25) is 0 Å². The van der Waals surface area contributed by atoms with Crippen LogP contribution in [0.3, 0.4) is 0 Å². The van der Waals surface area contributed by atoms with Crippen molar-refractivity contribution in [3.63, 3.8) is 0 Å². The Bertz CT molecular complexity index is 456. The van der Waals surface area contributed by atoms with Gasteiger partial charge in [-0.1, -0.05) is 19.1 Å². The molecule has 98 valence electrons. The molecule has 0 aliphatic carbocycles. The van der Waals surface area contributed by atoms with E-state index in [2.05, 4.69) is 0 Å². The number of carbonyl (C=O) groups excluding carboxylic acids is 1. The zero-order valence-corrected chi connectivity index (χ0v) is 11.3. The molecule has 0 spiro atoms. The number of nitrogens with zero attached hydrogens (tertiary/aromatic N) is 1. The molecule has 2 atom stereocenters. The second-order valence-electron chi connectivity index (χ2n) is 5.33. The van der Waals surface area contributed by atoms with Gasteiger partial charge < -0.3 is 10.0 Å². The maximum atomic E-state index is 12.5. The summed E-state index contributed by atoms with van der Waals surface area (Å²) in [4.78, 5) is 14.3. The number of aliphatic hydroxyl groups excluding tert-OH is 1. The Balaban J connectivity index is 2.19. The van der Waals surface area contributed by atoms with E-state index in [1.54, 1.807) is 0 Å². The third-order valence-electron chi connectivity index (χ3n) is 3.98. The smallest absolute Gasteiger partial charge is 0.254 e. The number of rotatable bonds is 1. The molecule has 2 unspecified atom stereocenters. The minimum absolute atomic E-state index is 0.0925. The second-order valence-corrected chi connectivity index (χ2v) is 5.33. The first-order valence-electron chi connectivity index (χ1n) is 6.54. The maximum absolute atomic E-state index is 12.5. The fourth-order valence-electron chi connectivity index (χ4n) is 2.47. The molecule has 1 N–H and O–H groups in total. The van der Waals surface area contributed by atoms with Crippen LogP contribution in [0.4, 0.5) is 0 Å². The molecule has 18 heavy (non-hydrogen) atoms. The highest BCUT2D eigenvalue weighted by atomic mass is 16.3. The average Bonchev–Trinajstić information content (AvgIpc) is 2.35. The molecule has 2 rings (SSSR count). The molecule has 3 heteroatoms. The highest BCUT2D eigenvalue weighted by Gasteiger charge is 2.28. The minimum atomic E-state index is -0.271. The van der Waals surface area contributed by atoms with Gasteiger partial charge in [0.05, 0.1) is 6.10 Å². The minimum Gasteiger partial charge on any atom is -0.393 e. The van der Waals surface area contributed by atoms with Crippen molar-refractivity contribution in [2.75, 3.05) is 13.1 Å². The number of hydrogen-bond acceptors (Lipinski definition) is 2. The monoisotopic (exact) mass is 247 g/mol. The lowest BCUT2D eigenvalue weighted by Gasteiger charge is -2.34. The lowest BCUT2D eigenvalue weighted by molar-refractivity contribution is 0.0297. The predicted molar refractivity (Wildman–Crippen MR) is 71.6 cm³/mol. The second kappa shape index (κ2) is 5.11. The summed E-state index contributed by atoms with van der Waals surface area (Å²) in [7, 11) is 0. The van der Waals surface area contributed by atoms with E-state index in [4.69, 9.17) is 0 Å². The Labute approximate surface area is 108 Å². The summed E-state index contributed by atoms with van der Waals surface area (Å²) in [6, 6.07) is 5.84. The standard InChI is InChI=1S/C15H21NO2/c1-10-5-4-6-13(12(10)3)15(18)16-8-7-14(17)11(2)9-16/h4-6,11,14,17H,7-9H2,1-3H3. The van der Waals surface area contributed by atoms with Crippen molar-refractivity contribution >= 4 is 5.91 Å². The Hall–Kier alpha value is -1.35. The van der Waals surface area contributed by atoms with Crippen molar-refractivity contribution in [2.45, 2.75) is 33.3 Å². The summed E-state index contributed by atoms with van der Waals surface area (Å²) in [6.45, 7) is 7.30. The third-order valence-corrected chi connectivity index (χ3v) is 3.98. The Kier molecular flexibility index (Phi) is 3.71. The normalized spacial score (nSPS) is 24.1. The number of benzene rings is 1. The van der Waals surface area contributed by atoms with Gasteiger partial charge in [-0.15, -0.1) is 0 Å². The van der Waals surface area contributed by atoms with Crippen LogP contribution in [0.1, 0.15) is 34.8 Å². The largest absolute Gasteiger partial charge is 0.393 e. The summed E-state index contributed by atoms with van der Waals surface area (Å²) in [5.74, 6) is 0.253. The van der Waals surface area contributed by atoms with Crippen LogP contribution >= 0.6 is 0 Å². The highest BCUT2D eigenvalue weighted by Crippen LogP contribution is 2.21. The molecule has 1 aromatic rings. The van der Waals surface area contributed by atoms with E-state index < -0.39 is 0 Å². The molecule has 0 saturated carbocycles. The van der Waals surface area contributed by atoms with E-state index in [1.165, 1.54) is 0 Å². The molecular weight excluding hydrogens is 226 g/mol. The van der Waals surface area contributed by atoms with E-state index in [1.807, 2.05) is 43.9 Å². The van der Waals surface area contributed by atoms with Crippen molar-refractivity contribution in [3.8, 4) is 0 Å². The van der Waals surface area contributed by atoms with Gasteiger partial charge in [0.25, 0.3) is 5.91 Å². The average molecular weight is 247 g/mol. The molecule has 1 heterocycles. The fourth-order valence-corrected chi connectivity index (χ4v) is 2.47. The fraction of sp³-hybridized carbons (Fsp3) is 0.533. The van der Waals surface area contributed by atoms with Gasteiger partial charge in [0, 0.05) is 18.7 Å². The van der Waals surface area contributed by atoms with Gasteiger partial charge in [-0.05, 0) is 43.4 Å². The summed E-state index contributed by atoms with van der Waals surface area (Å²) in [5.41, 5.74) is 2.99. The number of piperidine rings is 1. The predicted octanol–water partition coefficient (Wildman–Crippen LogP) is 2.15. The number of carbonyl (C=O) groups is 1. The van der Waals surface area contributed by atoms with E-state index >= 15 is 0 Å². The summed E-state index contributed by atoms with van der Waals surface area (Å²) in [5, 5.41) is 9.71. The summed E-state index contributed by atoms with van der Waals surface area (Å²) < 4.78 is 0. The van der Waals surface area contributed by atoms with Crippen molar-refractivity contribution < 1.29 is 9.90 Å². The van der Waals surface area contributed by atoms with Gasteiger partial charge in [0.1, 0.15) is 0 Å². The van der Waals surface area contributed by atoms with Gasteiger partial charge in [0.15, 0.2) is 0 Å². The van der Waals surface area contributed by atoms with Crippen LogP contribution in [0.25, 0.3) is 0 Å². The number of likely N-dealkylation sites (tertiary alicyclic amines) is 1. The Morgan fingerprint density at radius 3 is 2.78 bits per heavy atom. The maximum Gasteiger partial charge on any atom is 0.254 e. The molecule has 1 saturated heterocycles. The highest BCUT2D eigenvalue weighted by molar-refractivity contribution is 5.96. The van der Waals surface area contributed by atoms with Crippen molar-refractivity contribution in [2.24, 2.45) is 5.92 Å². The van der Waals surface area contributed by atoms with E-state index in [0.29, 0.717) is 19.5 Å². The van der Waals surface area contributed by atoms with E-state index in [-0.39, 0.29) is 17.9 Å². The lowest BCUT2D eigenvalue weighted by atomic mass is 9.95. The van der Waals surface area contributed by atoms with Gasteiger partial charge in [-0.25, -0.2) is 0 Å². The first-order chi connectivity index (χ1) is 8.50. The van der Waals surface area contributed by atoms with Crippen LogP contribution in [0.5, 0.6) is 0 Å². The summed E-state index contributed by atoms with van der Waals surface area (Å²) >= 11 is 0. The molecule has 1 fully saturated rings. The Morgan fingerprint density at radius 2 is 2.11 bits per heavy atom. The molecule has 0 aromatic heterocycles. The lowest BCUT2D eigenvalue weighted by Crippen LogP contribution is -2.45. The van der Waals surface area contributed by atoms with Gasteiger partial charge in [-0.2, -0.15) is 0 Å². The van der Waals surface area contributed by atoms with Gasteiger partial charge in [-0.3, -0.25) is 4.79 Å². The molecule has 1 aliphatic heterocycles. The number of hydrogen-bond donors (Lipinski definition) is 1. The van der Waals surface area contributed by atoms with Gasteiger partial charge in [0.2, 0.25) is 0 Å². The summed E-state index contributed by atoms with van der Waals surface area (Å²) in [6.07, 6.45) is 0.408. The number of aliphatic hydroxyl groups is 1. The van der Waals surface area contributed by atoms with Crippen molar-refractivity contribution in [1.29, 1.82) is 0 Å². The quantitative estimate of drug-likeness (QED) is 0.826. The Morgan fingerprint density at radius 1 is 1.39 bits per heavy atom. The van der Waals surface area contributed by atoms with Gasteiger partial charge >= 0.3 is 0 Å². The third kappa shape index (κ3) is 2.41. The molecule has 3 nitrogen and oxygen atoms in total. The van der Waals surface area contributed by atoms with E-state index in [9.17, 15) is 9.90 Å². The zero-order chi connectivity index (χ0) is 13.3. The van der Waals surface area contributed by atoms with Crippen molar-refractivity contribution in [3.05, 3.63) is 34.9 Å².